The summed E-state index contributed by atoms with van der Waals surface area (Å²) in [5.41, 5.74) is 1.03. The standard InChI is InChI=1S/C16H22O5/c1-10-13-14(21-16(2,3)20-13)12(17)15(19-10)18-9-11-7-5-4-6-8-11/h4-8,10,12-15,17H,9H2,1-3H3/t10-,12-,13+,14-,15-/m1/s1. The van der Waals surface area contributed by atoms with Gasteiger partial charge < -0.3 is 24.1 Å². The fraction of sp³-hybridized carbons (Fsp3) is 0.625. The minimum Gasteiger partial charge on any atom is -0.385 e. The van der Waals surface area contributed by atoms with Gasteiger partial charge >= 0.3 is 0 Å². The normalized spacial score (nSPS) is 38.2. The fourth-order valence-electron chi connectivity index (χ4n) is 2.86. The van der Waals surface area contributed by atoms with Gasteiger partial charge in [0.05, 0.1) is 12.7 Å². The minimum absolute atomic E-state index is 0.194. The highest BCUT2D eigenvalue weighted by Crippen LogP contribution is 2.37. The van der Waals surface area contributed by atoms with Gasteiger partial charge in [0.15, 0.2) is 12.1 Å². The van der Waals surface area contributed by atoms with Gasteiger partial charge in [-0.2, -0.15) is 0 Å². The molecule has 3 rings (SSSR count). The smallest absolute Gasteiger partial charge is 0.186 e. The SMILES string of the molecule is C[C@H]1O[C@@H](OCc2ccccc2)[C@H](O)[C@H]2OC(C)(C)O[C@H]21. The molecule has 0 saturated carbocycles. The van der Waals surface area contributed by atoms with E-state index >= 15 is 0 Å². The molecule has 5 heteroatoms. The Morgan fingerprint density at radius 1 is 1.14 bits per heavy atom. The van der Waals surface area contributed by atoms with E-state index in [1.807, 2.05) is 51.1 Å². The molecule has 0 radical (unpaired) electrons. The molecule has 2 aliphatic heterocycles. The van der Waals surface area contributed by atoms with Crippen LogP contribution in [0, 0.1) is 0 Å². The minimum atomic E-state index is -0.864. The molecule has 21 heavy (non-hydrogen) atoms. The van der Waals surface area contributed by atoms with Crippen LogP contribution in [0.5, 0.6) is 0 Å². The maximum absolute atomic E-state index is 10.4. The first-order valence-electron chi connectivity index (χ1n) is 7.31. The number of benzene rings is 1. The number of fused-ring (bicyclic) bond motifs is 1. The zero-order chi connectivity index (χ0) is 15.0. The van der Waals surface area contributed by atoms with Crippen LogP contribution in [0.4, 0.5) is 0 Å². The summed E-state index contributed by atoms with van der Waals surface area (Å²) >= 11 is 0. The molecular formula is C16H22O5. The van der Waals surface area contributed by atoms with Crippen molar-refractivity contribution in [3.8, 4) is 0 Å². The number of ether oxygens (including phenoxy) is 4. The second kappa shape index (κ2) is 5.66. The van der Waals surface area contributed by atoms with E-state index in [9.17, 15) is 5.11 Å². The molecule has 0 aliphatic carbocycles. The van der Waals surface area contributed by atoms with Crippen molar-refractivity contribution >= 4 is 0 Å². The molecule has 2 heterocycles. The van der Waals surface area contributed by atoms with Crippen LogP contribution < -0.4 is 0 Å². The lowest BCUT2D eigenvalue weighted by Crippen LogP contribution is -2.55. The van der Waals surface area contributed by atoms with E-state index in [1.54, 1.807) is 0 Å². The molecule has 1 aromatic carbocycles. The Bertz CT molecular complexity index is 475. The van der Waals surface area contributed by atoms with Gasteiger partial charge in [0.25, 0.3) is 0 Å². The summed E-state index contributed by atoms with van der Waals surface area (Å²) in [7, 11) is 0. The van der Waals surface area contributed by atoms with Crippen LogP contribution in [-0.4, -0.2) is 41.6 Å². The highest BCUT2D eigenvalue weighted by Gasteiger charge is 2.53. The first-order chi connectivity index (χ1) is 9.96. The molecule has 0 unspecified atom stereocenters. The van der Waals surface area contributed by atoms with Crippen LogP contribution in [0.1, 0.15) is 26.3 Å². The number of rotatable bonds is 3. The molecule has 1 aromatic rings. The van der Waals surface area contributed by atoms with Crippen LogP contribution in [0.3, 0.4) is 0 Å². The van der Waals surface area contributed by atoms with Gasteiger partial charge in [0.2, 0.25) is 0 Å². The summed E-state index contributed by atoms with van der Waals surface area (Å²) in [4.78, 5) is 0. The maximum atomic E-state index is 10.4. The predicted molar refractivity (Wildman–Crippen MR) is 75.4 cm³/mol. The third-order valence-corrected chi connectivity index (χ3v) is 3.85. The molecule has 116 valence electrons. The molecule has 0 amide bonds. The van der Waals surface area contributed by atoms with Gasteiger partial charge in [-0.1, -0.05) is 30.3 Å². The Labute approximate surface area is 124 Å². The van der Waals surface area contributed by atoms with Crippen molar-refractivity contribution in [1.29, 1.82) is 0 Å². The van der Waals surface area contributed by atoms with Crippen LogP contribution in [0.25, 0.3) is 0 Å². The van der Waals surface area contributed by atoms with E-state index in [0.717, 1.165) is 5.56 Å². The fourth-order valence-corrected chi connectivity index (χ4v) is 2.86. The predicted octanol–water partition coefficient (Wildman–Crippen LogP) is 1.83. The largest absolute Gasteiger partial charge is 0.385 e. The lowest BCUT2D eigenvalue weighted by atomic mass is 10.00. The van der Waals surface area contributed by atoms with Crippen molar-refractivity contribution in [2.75, 3.05) is 0 Å². The van der Waals surface area contributed by atoms with Crippen molar-refractivity contribution < 1.29 is 24.1 Å². The lowest BCUT2D eigenvalue weighted by molar-refractivity contribution is -0.277. The van der Waals surface area contributed by atoms with Crippen molar-refractivity contribution in [3.05, 3.63) is 35.9 Å². The second-order valence-corrected chi connectivity index (χ2v) is 6.06. The molecule has 0 aromatic heterocycles. The van der Waals surface area contributed by atoms with Gasteiger partial charge in [-0.15, -0.1) is 0 Å². The Balaban J connectivity index is 1.65. The van der Waals surface area contributed by atoms with Crippen LogP contribution in [0.15, 0.2) is 30.3 Å². The average Bonchev–Trinajstić information content (AvgIpc) is 2.79. The molecular weight excluding hydrogens is 272 g/mol. The summed E-state index contributed by atoms with van der Waals surface area (Å²) in [6, 6.07) is 9.80. The molecule has 0 bridgehead atoms. The summed E-state index contributed by atoms with van der Waals surface area (Å²) in [5, 5.41) is 10.4. The van der Waals surface area contributed by atoms with Gasteiger partial charge in [0.1, 0.15) is 18.3 Å². The number of hydrogen-bond acceptors (Lipinski definition) is 5. The summed E-state index contributed by atoms with van der Waals surface area (Å²) in [6.07, 6.45) is -2.47. The zero-order valence-electron chi connectivity index (χ0n) is 12.6. The highest BCUT2D eigenvalue weighted by atomic mass is 16.8. The molecule has 2 saturated heterocycles. The Hall–Kier alpha value is -0.980. The summed E-state index contributed by atoms with van der Waals surface area (Å²) in [5.74, 6) is -0.706. The molecule has 1 N–H and O–H groups in total. The summed E-state index contributed by atoms with van der Waals surface area (Å²) in [6.45, 7) is 5.97. The topological polar surface area (TPSA) is 57.2 Å². The van der Waals surface area contributed by atoms with Crippen molar-refractivity contribution in [2.24, 2.45) is 0 Å². The second-order valence-electron chi connectivity index (χ2n) is 6.06. The number of aliphatic hydroxyl groups excluding tert-OH is 1. The maximum Gasteiger partial charge on any atom is 0.186 e. The average molecular weight is 294 g/mol. The van der Waals surface area contributed by atoms with E-state index in [4.69, 9.17) is 18.9 Å². The Morgan fingerprint density at radius 2 is 1.81 bits per heavy atom. The van der Waals surface area contributed by atoms with Gasteiger partial charge in [-0.3, -0.25) is 0 Å². The summed E-state index contributed by atoms with van der Waals surface area (Å²) < 4.78 is 23.0. The van der Waals surface area contributed by atoms with Crippen LogP contribution in [0.2, 0.25) is 0 Å². The van der Waals surface area contributed by atoms with Crippen molar-refractivity contribution in [3.63, 3.8) is 0 Å². The molecule has 0 spiro atoms. The quantitative estimate of drug-likeness (QED) is 0.921. The van der Waals surface area contributed by atoms with Gasteiger partial charge in [-0.05, 0) is 26.3 Å². The molecule has 5 nitrogen and oxygen atoms in total. The molecule has 2 fully saturated rings. The van der Waals surface area contributed by atoms with Gasteiger partial charge in [-0.25, -0.2) is 0 Å². The number of hydrogen-bond donors (Lipinski definition) is 1. The van der Waals surface area contributed by atoms with E-state index in [0.29, 0.717) is 6.61 Å². The first kappa shape index (κ1) is 14.9. The third-order valence-electron chi connectivity index (χ3n) is 3.85. The van der Waals surface area contributed by atoms with Crippen LogP contribution in [-0.2, 0) is 25.6 Å². The van der Waals surface area contributed by atoms with Crippen LogP contribution >= 0.6 is 0 Å². The van der Waals surface area contributed by atoms with Crippen molar-refractivity contribution in [1.82, 2.24) is 0 Å². The van der Waals surface area contributed by atoms with E-state index in [2.05, 4.69) is 0 Å². The van der Waals surface area contributed by atoms with E-state index in [-0.39, 0.29) is 12.2 Å². The highest BCUT2D eigenvalue weighted by molar-refractivity contribution is 5.13. The monoisotopic (exact) mass is 294 g/mol. The van der Waals surface area contributed by atoms with Gasteiger partial charge in [0, 0.05) is 0 Å². The first-order valence-corrected chi connectivity index (χ1v) is 7.31. The third kappa shape index (κ3) is 3.12. The number of aliphatic hydroxyl groups is 1. The lowest BCUT2D eigenvalue weighted by Gasteiger charge is -2.38. The molecule has 2 aliphatic rings. The molecule has 5 atom stereocenters. The Morgan fingerprint density at radius 3 is 2.52 bits per heavy atom. The van der Waals surface area contributed by atoms with E-state index in [1.165, 1.54) is 0 Å². The Kier molecular flexibility index (Phi) is 4.03. The zero-order valence-corrected chi connectivity index (χ0v) is 12.6. The van der Waals surface area contributed by atoms with Crippen molar-refractivity contribution in [2.45, 2.75) is 63.9 Å². The van der Waals surface area contributed by atoms with E-state index < -0.39 is 24.3 Å².